The Labute approximate surface area is 176 Å². The molecule has 1 fully saturated rings. The van der Waals surface area contributed by atoms with E-state index in [9.17, 15) is 4.79 Å². The Morgan fingerprint density at radius 1 is 1.13 bits per heavy atom. The summed E-state index contributed by atoms with van der Waals surface area (Å²) in [6.07, 6.45) is 6.14. The summed E-state index contributed by atoms with van der Waals surface area (Å²) >= 11 is 0. The topological polar surface area (TPSA) is 51.0 Å². The number of alkyl halides is 1. The van der Waals surface area contributed by atoms with E-state index in [0.29, 0.717) is 24.7 Å². The number of aryl methyl sites for hydroxylation is 1. The Bertz CT molecular complexity index is 1050. The lowest BCUT2D eigenvalue weighted by molar-refractivity contribution is -0.133. The first-order chi connectivity index (χ1) is 14.3. The van der Waals surface area contributed by atoms with Gasteiger partial charge in [-0.3, -0.25) is 14.5 Å². The van der Waals surface area contributed by atoms with E-state index in [1.165, 1.54) is 0 Å². The van der Waals surface area contributed by atoms with E-state index in [-0.39, 0.29) is 25.0 Å². The monoisotopic (exact) mass is 408 g/mol. The lowest BCUT2D eigenvalue weighted by Crippen LogP contribution is -2.47. The Balaban J connectivity index is 1.48. The van der Waals surface area contributed by atoms with Crippen LogP contribution >= 0.6 is 0 Å². The summed E-state index contributed by atoms with van der Waals surface area (Å²) < 4.78 is 17.1. The van der Waals surface area contributed by atoms with Gasteiger partial charge in [-0.1, -0.05) is 26.0 Å². The number of carbonyl (C=O) groups is 1. The number of pyridine rings is 1. The third-order valence-electron chi connectivity index (χ3n) is 5.93. The molecule has 0 atom stereocenters. The van der Waals surface area contributed by atoms with Crippen LogP contribution in [-0.4, -0.2) is 50.8 Å². The highest BCUT2D eigenvalue weighted by molar-refractivity contribution is 5.91. The molecular formula is C24H29FN4O. The van der Waals surface area contributed by atoms with E-state index in [4.69, 9.17) is 0 Å². The number of carbonyl (C=O) groups excluding carboxylic acids is 1. The van der Waals surface area contributed by atoms with E-state index in [1.807, 2.05) is 37.6 Å². The van der Waals surface area contributed by atoms with Crippen LogP contribution < -0.4 is 0 Å². The minimum absolute atomic E-state index is 0.0355. The second-order valence-corrected chi connectivity index (χ2v) is 8.90. The van der Waals surface area contributed by atoms with Crippen LogP contribution in [0.5, 0.6) is 0 Å². The number of likely N-dealkylation sites (tertiary alicyclic amines) is 1. The van der Waals surface area contributed by atoms with Gasteiger partial charge in [0.15, 0.2) is 11.5 Å². The van der Waals surface area contributed by atoms with Crippen molar-refractivity contribution >= 4 is 16.6 Å². The summed E-state index contributed by atoms with van der Waals surface area (Å²) in [5.41, 5.74) is 0.975. The number of nitrogens with zero attached hydrogens (tertiary/aromatic N) is 4. The second kappa shape index (κ2) is 8.26. The van der Waals surface area contributed by atoms with Gasteiger partial charge in [-0.05, 0) is 29.0 Å². The number of piperidine rings is 1. The van der Waals surface area contributed by atoms with E-state index >= 15 is 4.39 Å². The van der Waals surface area contributed by atoms with Gasteiger partial charge in [0.05, 0.1) is 12.6 Å². The molecule has 30 heavy (non-hydrogen) atoms. The fourth-order valence-electron chi connectivity index (χ4n) is 4.24. The number of fused-ring (bicyclic) bond motifs is 1. The lowest BCUT2D eigenvalue weighted by Gasteiger charge is -2.36. The molecular weight excluding hydrogens is 379 g/mol. The number of hydrogen-bond acceptors (Lipinski definition) is 4. The Kier molecular flexibility index (Phi) is 5.69. The maximum absolute atomic E-state index is 15.4. The molecule has 6 heteroatoms. The Hall–Kier alpha value is -2.60. The van der Waals surface area contributed by atoms with E-state index < -0.39 is 5.67 Å². The van der Waals surface area contributed by atoms with Gasteiger partial charge in [0.1, 0.15) is 0 Å². The summed E-state index contributed by atoms with van der Waals surface area (Å²) in [6, 6.07) is 8.02. The molecule has 3 heterocycles. The Morgan fingerprint density at radius 3 is 2.57 bits per heavy atom. The number of aromatic nitrogens is 3. The van der Waals surface area contributed by atoms with Gasteiger partial charge in [0, 0.05) is 68.6 Å². The lowest BCUT2D eigenvalue weighted by atomic mass is 9.86. The number of benzene rings is 1. The van der Waals surface area contributed by atoms with Gasteiger partial charge in [-0.15, -0.1) is 0 Å². The zero-order chi connectivity index (χ0) is 21.3. The van der Waals surface area contributed by atoms with Crippen LogP contribution in [0.2, 0.25) is 0 Å². The van der Waals surface area contributed by atoms with Gasteiger partial charge in [0.2, 0.25) is 0 Å². The van der Waals surface area contributed by atoms with Crippen LogP contribution in [0.3, 0.4) is 0 Å². The Morgan fingerprint density at radius 2 is 1.90 bits per heavy atom. The molecule has 0 N–H and O–H groups in total. The summed E-state index contributed by atoms with van der Waals surface area (Å²) in [5, 5.41) is 6.22. The summed E-state index contributed by atoms with van der Waals surface area (Å²) in [7, 11) is 1.89. The molecule has 0 spiro atoms. The minimum atomic E-state index is -1.73. The van der Waals surface area contributed by atoms with Gasteiger partial charge >= 0.3 is 0 Å². The van der Waals surface area contributed by atoms with Crippen LogP contribution in [0.25, 0.3) is 21.9 Å². The van der Waals surface area contributed by atoms with Crippen LogP contribution in [0.1, 0.15) is 32.4 Å². The van der Waals surface area contributed by atoms with Gasteiger partial charge in [-0.2, -0.15) is 5.10 Å². The van der Waals surface area contributed by atoms with Crippen LogP contribution in [0.4, 0.5) is 4.39 Å². The van der Waals surface area contributed by atoms with Gasteiger partial charge in [-0.25, -0.2) is 4.39 Å². The van der Waals surface area contributed by atoms with Crippen molar-refractivity contribution in [1.82, 2.24) is 19.7 Å². The predicted octanol–water partition coefficient (Wildman–Crippen LogP) is 4.21. The van der Waals surface area contributed by atoms with Crippen molar-refractivity contribution in [3.8, 4) is 11.1 Å². The molecule has 0 radical (unpaired) electrons. The first kappa shape index (κ1) is 20.7. The SMILES string of the molecule is CC(C)CN1CCC(F)(C(=O)Cc2cc3cc(-c4cnn(C)c4)ccc3cn2)CC1. The highest BCUT2D eigenvalue weighted by atomic mass is 19.1. The molecule has 4 rings (SSSR count). The molecule has 0 saturated carbocycles. The molecule has 0 unspecified atom stereocenters. The molecule has 158 valence electrons. The number of ketones is 1. The van der Waals surface area contributed by atoms with Crippen molar-refractivity contribution in [3.63, 3.8) is 0 Å². The number of hydrogen-bond donors (Lipinski definition) is 0. The molecule has 0 aliphatic carbocycles. The van der Waals surface area contributed by atoms with Crippen molar-refractivity contribution in [2.45, 2.75) is 38.8 Å². The molecule has 3 aromatic rings. The smallest absolute Gasteiger partial charge is 0.175 e. The van der Waals surface area contributed by atoms with E-state index in [0.717, 1.165) is 28.4 Å². The second-order valence-electron chi connectivity index (χ2n) is 8.90. The van der Waals surface area contributed by atoms with E-state index in [2.05, 4.69) is 34.9 Å². The van der Waals surface area contributed by atoms with Crippen LogP contribution in [-0.2, 0) is 18.3 Å². The third-order valence-corrected chi connectivity index (χ3v) is 5.93. The maximum atomic E-state index is 15.4. The predicted molar refractivity (Wildman–Crippen MR) is 117 cm³/mol. The maximum Gasteiger partial charge on any atom is 0.175 e. The van der Waals surface area contributed by atoms with Gasteiger partial charge < -0.3 is 4.90 Å². The molecule has 1 aliphatic heterocycles. The standard InChI is InChI=1S/C24H29FN4O/c1-17(2)15-29-8-6-24(25,7-9-29)23(30)12-22-11-20-10-18(4-5-19(20)13-26-22)21-14-27-28(3)16-21/h4-5,10-11,13-14,16-17H,6-9,12,15H2,1-3H3. The largest absolute Gasteiger partial charge is 0.303 e. The summed E-state index contributed by atoms with van der Waals surface area (Å²) in [5.74, 6) is 0.202. The molecule has 2 aromatic heterocycles. The third kappa shape index (κ3) is 4.43. The van der Waals surface area contributed by atoms with Crippen molar-refractivity contribution in [3.05, 3.63) is 48.5 Å². The molecule has 5 nitrogen and oxygen atoms in total. The first-order valence-electron chi connectivity index (χ1n) is 10.6. The normalized spacial score (nSPS) is 17.0. The zero-order valence-corrected chi connectivity index (χ0v) is 17.9. The summed E-state index contributed by atoms with van der Waals surface area (Å²) in [4.78, 5) is 19.5. The fourth-order valence-corrected chi connectivity index (χ4v) is 4.24. The molecule has 0 bridgehead atoms. The summed E-state index contributed by atoms with van der Waals surface area (Å²) in [6.45, 7) is 6.55. The van der Waals surface area contributed by atoms with Crippen LogP contribution in [0.15, 0.2) is 42.9 Å². The van der Waals surface area contributed by atoms with Crippen LogP contribution in [0, 0.1) is 5.92 Å². The average molecular weight is 409 g/mol. The number of Topliss-reactive ketones (excluding diaryl/α,β-unsaturated/α-hetero) is 1. The zero-order valence-electron chi connectivity index (χ0n) is 17.9. The fraction of sp³-hybridized carbons (Fsp3) is 0.458. The number of halogens is 1. The van der Waals surface area contributed by atoms with Crippen molar-refractivity contribution < 1.29 is 9.18 Å². The van der Waals surface area contributed by atoms with E-state index in [1.54, 1.807) is 10.9 Å². The van der Waals surface area contributed by atoms with Crippen molar-refractivity contribution in [1.29, 1.82) is 0 Å². The molecule has 1 aliphatic rings. The quantitative estimate of drug-likeness (QED) is 0.613. The molecule has 1 aromatic carbocycles. The highest BCUT2D eigenvalue weighted by Crippen LogP contribution is 2.30. The number of rotatable bonds is 6. The molecule has 1 saturated heterocycles. The van der Waals surface area contributed by atoms with Crippen molar-refractivity contribution in [2.24, 2.45) is 13.0 Å². The van der Waals surface area contributed by atoms with Crippen molar-refractivity contribution in [2.75, 3.05) is 19.6 Å². The van der Waals surface area contributed by atoms with Gasteiger partial charge in [0.25, 0.3) is 0 Å². The minimum Gasteiger partial charge on any atom is -0.303 e. The first-order valence-corrected chi connectivity index (χ1v) is 10.6. The highest BCUT2D eigenvalue weighted by Gasteiger charge is 2.41. The average Bonchev–Trinajstić information content (AvgIpc) is 3.15. The molecule has 0 amide bonds.